The summed E-state index contributed by atoms with van der Waals surface area (Å²) in [4.78, 5) is 14.2. The molecule has 4 heterocycles. The fourth-order valence-electron chi connectivity index (χ4n) is 3.71. The second-order valence-electron chi connectivity index (χ2n) is 5.98. The second kappa shape index (κ2) is 4.67. The SMILES string of the molecule is Cc1sc2ncnc(N3CCCC4CNCC43)c2c1C. The summed E-state index contributed by atoms with van der Waals surface area (Å²) in [6.07, 6.45) is 4.36. The number of fused-ring (bicyclic) bond motifs is 2. The summed E-state index contributed by atoms with van der Waals surface area (Å²) in [6.45, 7) is 7.77. The molecule has 0 aliphatic carbocycles. The number of rotatable bonds is 1. The maximum Gasteiger partial charge on any atom is 0.141 e. The zero-order valence-corrected chi connectivity index (χ0v) is 12.8. The number of aryl methyl sites for hydroxylation is 2. The molecule has 4 nitrogen and oxygen atoms in total. The van der Waals surface area contributed by atoms with E-state index in [0.717, 1.165) is 36.2 Å². The second-order valence-corrected chi connectivity index (χ2v) is 7.19. The van der Waals surface area contributed by atoms with Crippen LogP contribution in [0.1, 0.15) is 23.3 Å². The van der Waals surface area contributed by atoms with E-state index in [9.17, 15) is 0 Å². The van der Waals surface area contributed by atoms with Crippen LogP contribution in [0.4, 0.5) is 5.82 Å². The van der Waals surface area contributed by atoms with Gasteiger partial charge in [-0.25, -0.2) is 9.97 Å². The third-order valence-electron chi connectivity index (χ3n) is 4.90. The number of aromatic nitrogens is 2. The highest BCUT2D eigenvalue weighted by Gasteiger charge is 2.36. The topological polar surface area (TPSA) is 41.1 Å². The van der Waals surface area contributed by atoms with Crippen molar-refractivity contribution < 1.29 is 0 Å². The molecule has 0 amide bonds. The Bertz CT molecular complexity index is 651. The molecule has 1 N–H and O–H groups in total. The van der Waals surface area contributed by atoms with Crippen LogP contribution < -0.4 is 10.2 Å². The Balaban J connectivity index is 1.85. The highest BCUT2D eigenvalue weighted by Crippen LogP contribution is 2.38. The number of anilines is 1. The summed E-state index contributed by atoms with van der Waals surface area (Å²) in [5.74, 6) is 1.95. The standard InChI is InChI=1S/C15H20N4S/c1-9-10(2)20-15-13(9)14(17-8-18-15)19-5-3-4-11-6-16-7-12(11)19/h8,11-12,16H,3-7H2,1-2H3. The molecule has 2 aliphatic heterocycles. The van der Waals surface area contributed by atoms with Gasteiger partial charge in [0.1, 0.15) is 17.0 Å². The van der Waals surface area contributed by atoms with Crippen LogP contribution in [-0.4, -0.2) is 35.6 Å². The van der Waals surface area contributed by atoms with Gasteiger partial charge in [-0.1, -0.05) is 0 Å². The lowest BCUT2D eigenvalue weighted by atomic mass is 9.92. The number of thiophene rings is 1. The normalized spacial score (nSPS) is 26.2. The largest absolute Gasteiger partial charge is 0.351 e. The van der Waals surface area contributed by atoms with Gasteiger partial charge >= 0.3 is 0 Å². The number of hydrogen-bond acceptors (Lipinski definition) is 5. The molecule has 0 saturated carbocycles. The van der Waals surface area contributed by atoms with Gasteiger partial charge in [0.05, 0.1) is 5.39 Å². The van der Waals surface area contributed by atoms with E-state index in [0.29, 0.717) is 6.04 Å². The molecule has 0 bridgehead atoms. The molecule has 106 valence electrons. The van der Waals surface area contributed by atoms with Gasteiger partial charge < -0.3 is 10.2 Å². The minimum absolute atomic E-state index is 0.612. The molecule has 0 aromatic carbocycles. The van der Waals surface area contributed by atoms with Crippen LogP contribution >= 0.6 is 11.3 Å². The summed E-state index contributed by atoms with van der Waals surface area (Å²) < 4.78 is 0. The van der Waals surface area contributed by atoms with E-state index < -0.39 is 0 Å². The zero-order valence-electron chi connectivity index (χ0n) is 12.0. The number of hydrogen-bond donors (Lipinski definition) is 1. The Labute approximate surface area is 123 Å². The molecule has 2 saturated heterocycles. The summed E-state index contributed by atoms with van der Waals surface area (Å²) >= 11 is 1.79. The maximum atomic E-state index is 4.66. The molecule has 2 aromatic heterocycles. The Morgan fingerprint density at radius 3 is 3.10 bits per heavy atom. The van der Waals surface area contributed by atoms with E-state index in [2.05, 4.69) is 34.0 Å². The molecule has 0 radical (unpaired) electrons. The smallest absolute Gasteiger partial charge is 0.141 e. The highest BCUT2D eigenvalue weighted by molar-refractivity contribution is 7.18. The van der Waals surface area contributed by atoms with Crippen molar-refractivity contribution in [3.63, 3.8) is 0 Å². The maximum absolute atomic E-state index is 4.66. The molecule has 2 fully saturated rings. The van der Waals surface area contributed by atoms with Gasteiger partial charge in [-0.05, 0) is 38.2 Å². The fraction of sp³-hybridized carbons (Fsp3) is 0.600. The molecule has 20 heavy (non-hydrogen) atoms. The van der Waals surface area contributed by atoms with Crippen LogP contribution in [0, 0.1) is 19.8 Å². The van der Waals surface area contributed by atoms with Crippen LogP contribution in [0.2, 0.25) is 0 Å². The molecule has 2 aliphatic rings. The first-order valence-electron chi connectivity index (χ1n) is 7.44. The minimum atomic E-state index is 0.612. The first kappa shape index (κ1) is 12.5. The van der Waals surface area contributed by atoms with Crippen molar-refractivity contribution in [1.29, 1.82) is 0 Å². The lowest BCUT2D eigenvalue weighted by molar-refractivity contribution is 0.384. The van der Waals surface area contributed by atoms with E-state index in [1.54, 1.807) is 17.7 Å². The molecule has 2 unspecified atom stereocenters. The van der Waals surface area contributed by atoms with Crippen LogP contribution in [0.3, 0.4) is 0 Å². The first-order chi connectivity index (χ1) is 9.75. The molecular formula is C15H20N4S. The predicted molar refractivity (Wildman–Crippen MR) is 83.6 cm³/mol. The average Bonchev–Trinajstić information content (AvgIpc) is 3.04. The number of piperidine rings is 1. The van der Waals surface area contributed by atoms with Gasteiger partial charge in [0.2, 0.25) is 0 Å². The molecule has 4 rings (SSSR count). The summed E-state index contributed by atoms with van der Waals surface area (Å²) in [6, 6.07) is 0.612. The summed E-state index contributed by atoms with van der Waals surface area (Å²) in [7, 11) is 0. The number of nitrogens with one attached hydrogen (secondary N) is 1. The van der Waals surface area contributed by atoms with Gasteiger partial charge in [-0.2, -0.15) is 0 Å². The average molecular weight is 288 g/mol. The van der Waals surface area contributed by atoms with Crippen molar-refractivity contribution in [2.45, 2.75) is 32.7 Å². The molecule has 2 atom stereocenters. The third kappa shape index (κ3) is 1.76. The van der Waals surface area contributed by atoms with E-state index >= 15 is 0 Å². The Kier molecular flexibility index (Phi) is 2.93. The minimum Gasteiger partial charge on any atom is -0.351 e. The van der Waals surface area contributed by atoms with E-state index in [4.69, 9.17) is 0 Å². The van der Waals surface area contributed by atoms with Gasteiger partial charge in [-0.15, -0.1) is 11.3 Å². The molecular weight excluding hydrogens is 268 g/mol. The van der Waals surface area contributed by atoms with E-state index in [1.807, 2.05) is 0 Å². The predicted octanol–water partition coefficient (Wildman–Crippen LogP) is 2.50. The summed E-state index contributed by atoms with van der Waals surface area (Å²) in [5, 5.41) is 4.83. The van der Waals surface area contributed by atoms with Crippen LogP contribution in [0.5, 0.6) is 0 Å². The third-order valence-corrected chi connectivity index (χ3v) is 6.01. The highest BCUT2D eigenvalue weighted by atomic mass is 32.1. The molecule has 2 aromatic rings. The van der Waals surface area contributed by atoms with Crippen molar-refractivity contribution in [3.8, 4) is 0 Å². The van der Waals surface area contributed by atoms with Crippen molar-refractivity contribution in [2.24, 2.45) is 5.92 Å². The monoisotopic (exact) mass is 288 g/mol. The van der Waals surface area contributed by atoms with Crippen molar-refractivity contribution in [1.82, 2.24) is 15.3 Å². The lowest BCUT2D eigenvalue weighted by Crippen LogP contribution is -2.45. The van der Waals surface area contributed by atoms with Crippen LogP contribution in [-0.2, 0) is 0 Å². The van der Waals surface area contributed by atoms with Crippen molar-refractivity contribution >= 4 is 27.4 Å². The Morgan fingerprint density at radius 1 is 1.30 bits per heavy atom. The quantitative estimate of drug-likeness (QED) is 0.875. The molecule has 5 heteroatoms. The number of nitrogens with zero attached hydrogens (tertiary/aromatic N) is 3. The van der Waals surface area contributed by atoms with Crippen LogP contribution in [0.15, 0.2) is 6.33 Å². The van der Waals surface area contributed by atoms with Crippen molar-refractivity contribution in [2.75, 3.05) is 24.5 Å². The Hall–Kier alpha value is -1.20. The van der Waals surface area contributed by atoms with Gasteiger partial charge in [0, 0.05) is 30.6 Å². The molecule has 0 spiro atoms. The van der Waals surface area contributed by atoms with Crippen molar-refractivity contribution in [3.05, 3.63) is 16.8 Å². The van der Waals surface area contributed by atoms with E-state index in [-0.39, 0.29) is 0 Å². The summed E-state index contributed by atoms with van der Waals surface area (Å²) in [5.41, 5.74) is 1.36. The van der Waals surface area contributed by atoms with Crippen LogP contribution in [0.25, 0.3) is 10.2 Å². The fourth-order valence-corrected chi connectivity index (χ4v) is 4.70. The van der Waals surface area contributed by atoms with Gasteiger partial charge in [-0.3, -0.25) is 0 Å². The Morgan fingerprint density at radius 2 is 2.20 bits per heavy atom. The first-order valence-corrected chi connectivity index (χ1v) is 8.25. The van der Waals surface area contributed by atoms with E-state index in [1.165, 1.54) is 28.7 Å². The zero-order chi connectivity index (χ0) is 13.7. The van der Waals surface area contributed by atoms with Gasteiger partial charge in [0.25, 0.3) is 0 Å². The van der Waals surface area contributed by atoms with Gasteiger partial charge in [0.15, 0.2) is 0 Å². The lowest BCUT2D eigenvalue weighted by Gasteiger charge is -2.38.